The number of benzene rings is 1. The molecule has 1 aromatic carbocycles. The lowest BCUT2D eigenvalue weighted by Gasteiger charge is -2.14. The Balaban J connectivity index is 2.52. The van der Waals surface area contributed by atoms with Crippen molar-refractivity contribution in [3.63, 3.8) is 0 Å². The summed E-state index contributed by atoms with van der Waals surface area (Å²) in [7, 11) is -1.53. The van der Waals surface area contributed by atoms with Gasteiger partial charge in [-0.15, -0.1) is 11.8 Å². The highest BCUT2D eigenvalue weighted by atomic mass is 32.2. The number of para-hydroxylation sites is 1. The van der Waals surface area contributed by atoms with Crippen LogP contribution in [0.3, 0.4) is 0 Å². The van der Waals surface area contributed by atoms with Gasteiger partial charge >= 0.3 is 0 Å². The van der Waals surface area contributed by atoms with E-state index in [2.05, 4.69) is 0 Å². The van der Waals surface area contributed by atoms with Gasteiger partial charge in [0.2, 0.25) is 10.0 Å². The van der Waals surface area contributed by atoms with Crippen LogP contribution in [0.2, 0.25) is 0 Å². The zero-order valence-corrected chi connectivity index (χ0v) is 11.7. The molecule has 0 aliphatic carbocycles. The predicted octanol–water partition coefficient (Wildman–Crippen LogP) is 1.64. The van der Waals surface area contributed by atoms with E-state index in [0.717, 1.165) is 4.90 Å². The van der Waals surface area contributed by atoms with Gasteiger partial charge < -0.3 is 5.73 Å². The van der Waals surface area contributed by atoms with E-state index in [-0.39, 0.29) is 5.75 Å². The molecule has 0 saturated carbocycles. The molecule has 17 heavy (non-hydrogen) atoms. The molecule has 0 radical (unpaired) electrons. The highest BCUT2D eigenvalue weighted by Gasteiger charge is 2.15. The van der Waals surface area contributed by atoms with E-state index >= 15 is 0 Å². The van der Waals surface area contributed by atoms with Crippen LogP contribution >= 0.6 is 11.8 Å². The van der Waals surface area contributed by atoms with Gasteiger partial charge in [-0.3, -0.25) is 0 Å². The minimum absolute atomic E-state index is 0.135. The Morgan fingerprint density at radius 3 is 2.59 bits per heavy atom. The number of anilines is 1. The van der Waals surface area contributed by atoms with Crippen LogP contribution in [0.5, 0.6) is 0 Å². The molecule has 0 aliphatic rings. The summed E-state index contributed by atoms with van der Waals surface area (Å²) in [5.74, 6) is 0.650. The van der Waals surface area contributed by atoms with Gasteiger partial charge in [0.1, 0.15) is 0 Å². The van der Waals surface area contributed by atoms with E-state index < -0.39 is 10.0 Å². The first kappa shape index (κ1) is 14.3. The van der Waals surface area contributed by atoms with Gasteiger partial charge in [-0.05, 0) is 12.1 Å². The van der Waals surface area contributed by atoms with Crippen molar-refractivity contribution in [1.82, 2.24) is 4.31 Å². The van der Waals surface area contributed by atoms with E-state index in [0.29, 0.717) is 18.0 Å². The van der Waals surface area contributed by atoms with Crippen molar-refractivity contribution in [2.24, 2.45) is 0 Å². The van der Waals surface area contributed by atoms with Crippen LogP contribution in [0.15, 0.2) is 29.2 Å². The van der Waals surface area contributed by atoms with Gasteiger partial charge in [-0.25, -0.2) is 12.7 Å². The molecule has 0 aromatic heterocycles. The van der Waals surface area contributed by atoms with Gasteiger partial charge in [-0.1, -0.05) is 19.1 Å². The lowest BCUT2D eigenvalue weighted by Crippen LogP contribution is -2.29. The Kier molecular flexibility index (Phi) is 5.30. The summed E-state index contributed by atoms with van der Waals surface area (Å²) in [4.78, 5) is 0.932. The molecule has 4 nitrogen and oxygen atoms in total. The minimum atomic E-state index is -3.12. The number of rotatable bonds is 6. The second-order valence-corrected chi connectivity index (χ2v) is 6.95. The van der Waals surface area contributed by atoms with Crippen LogP contribution < -0.4 is 5.73 Å². The van der Waals surface area contributed by atoms with Gasteiger partial charge in [0.05, 0.1) is 5.75 Å². The Morgan fingerprint density at radius 2 is 2.00 bits per heavy atom. The molecular formula is C11H18N2O2S2. The fourth-order valence-electron chi connectivity index (χ4n) is 1.22. The molecule has 96 valence electrons. The van der Waals surface area contributed by atoms with Crippen molar-refractivity contribution in [2.75, 3.05) is 30.8 Å². The molecule has 1 rings (SSSR count). The molecule has 1 aromatic rings. The second-order valence-electron chi connectivity index (χ2n) is 3.62. The Hall–Kier alpha value is -0.720. The number of hydrogen-bond donors (Lipinski definition) is 1. The molecule has 0 aliphatic heterocycles. The van der Waals surface area contributed by atoms with Crippen molar-refractivity contribution in [3.8, 4) is 0 Å². The fraction of sp³-hybridized carbons (Fsp3) is 0.455. The molecule has 0 heterocycles. The molecule has 0 amide bonds. The maximum Gasteiger partial charge on any atom is 0.214 e. The van der Waals surface area contributed by atoms with E-state index in [9.17, 15) is 8.42 Å². The average molecular weight is 274 g/mol. The number of nitrogens with zero attached hydrogens (tertiary/aromatic N) is 1. The highest BCUT2D eigenvalue weighted by molar-refractivity contribution is 8.00. The number of sulfonamides is 1. The molecular weight excluding hydrogens is 256 g/mol. The van der Waals surface area contributed by atoms with Crippen LogP contribution in [0.25, 0.3) is 0 Å². The lowest BCUT2D eigenvalue weighted by molar-refractivity contribution is 0.488. The van der Waals surface area contributed by atoms with Crippen LogP contribution in [-0.2, 0) is 10.0 Å². The fourth-order valence-corrected chi connectivity index (χ4v) is 3.73. The zero-order chi connectivity index (χ0) is 12.9. The molecule has 0 spiro atoms. The van der Waals surface area contributed by atoms with Crippen LogP contribution in [0.4, 0.5) is 5.69 Å². The van der Waals surface area contributed by atoms with E-state index in [4.69, 9.17) is 5.73 Å². The first-order valence-electron chi connectivity index (χ1n) is 5.38. The molecule has 2 N–H and O–H groups in total. The topological polar surface area (TPSA) is 63.4 Å². The first-order valence-corrected chi connectivity index (χ1v) is 7.98. The summed E-state index contributed by atoms with van der Waals surface area (Å²) in [6.07, 6.45) is 0. The number of nitrogen functional groups attached to an aromatic ring is 1. The summed E-state index contributed by atoms with van der Waals surface area (Å²) in [5, 5.41) is 0. The van der Waals surface area contributed by atoms with E-state index in [1.807, 2.05) is 31.2 Å². The summed E-state index contributed by atoms with van der Waals surface area (Å²) < 4.78 is 24.8. The Labute approximate surface area is 107 Å². The Bertz CT molecular complexity index is 460. The maximum absolute atomic E-state index is 11.7. The monoisotopic (exact) mass is 274 g/mol. The molecule has 0 atom stereocenters. The van der Waals surface area contributed by atoms with Crippen LogP contribution in [0, 0.1) is 0 Å². The van der Waals surface area contributed by atoms with Crippen molar-refractivity contribution in [3.05, 3.63) is 24.3 Å². The zero-order valence-electron chi connectivity index (χ0n) is 10.1. The normalized spacial score (nSPS) is 11.9. The van der Waals surface area contributed by atoms with Gasteiger partial charge in [0.25, 0.3) is 0 Å². The number of hydrogen-bond acceptors (Lipinski definition) is 4. The molecule has 0 saturated heterocycles. The highest BCUT2D eigenvalue weighted by Crippen LogP contribution is 2.24. The summed E-state index contributed by atoms with van der Waals surface area (Å²) in [5.41, 5.74) is 6.47. The maximum atomic E-state index is 11.7. The molecule has 0 fully saturated rings. The van der Waals surface area contributed by atoms with E-state index in [1.54, 1.807) is 7.05 Å². The average Bonchev–Trinajstić information content (AvgIpc) is 2.30. The molecule has 0 bridgehead atoms. The smallest absolute Gasteiger partial charge is 0.214 e. The summed E-state index contributed by atoms with van der Waals surface area (Å²) in [6, 6.07) is 7.47. The quantitative estimate of drug-likeness (QED) is 0.633. The van der Waals surface area contributed by atoms with Crippen molar-refractivity contribution >= 4 is 27.5 Å². The minimum Gasteiger partial charge on any atom is -0.398 e. The Morgan fingerprint density at radius 1 is 1.35 bits per heavy atom. The number of nitrogens with two attached hydrogens (primary N) is 1. The first-order chi connectivity index (χ1) is 7.97. The van der Waals surface area contributed by atoms with E-state index in [1.165, 1.54) is 16.1 Å². The van der Waals surface area contributed by atoms with Crippen molar-refractivity contribution in [2.45, 2.75) is 11.8 Å². The number of thioether (sulfide) groups is 1. The van der Waals surface area contributed by atoms with Crippen molar-refractivity contribution in [1.29, 1.82) is 0 Å². The van der Waals surface area contributed by atoms with Crippen LogP contribution in [-0.4, -0.2) is 37.8 Å². The van der Waals surface area contributed by atoms with Crippen molar-refractivity contribution < 1.29 is 8.42 Å². The third-order valence-electron chi connectivity index (χ3n) is 2.44. The van der Waals surface area contributed by atoms with Gasteiger partial charge in [0, 0.05) is 29.9 Å². The van der Waals surface area contributed by atoms with Crippen LogP contribution in [0.1, 0.15) is 6.92 Å². The van der Waals surface area contributed by atoms with Gasteiger partial charge in [0.15, 0.2) is 0 Å². The summed E-state index contributed by atoms with van der Waals surface area (Å²) >= 11 is 1.47. The third-order valence-corrected chi connectivity index (χ3v) is 5.72. The standard InChI is InChI=1S/C11H18N2O2S2/c1-3-13(2)17(14,15)9-8-16-11-7-5-4-6-10(11)12/h4-7H,3,8-9,12H2,1-2H3. The lowest BCUT2D eigenvalue weighted by atomic mass is 10.3. The summed E-state index contributed by atoms with van der Waals surface area (Å²) in [6.45, 7) is 2.32. The largest absolute Gasteiger partial charge is 0.398 e. The van der Waals surface area contributed by atoms with Gasteiger partial charge in [-0.2, -0.15) is 0 Å². The molecule has 0 unspecified atom stereocenters. The predicted molar refractivity (Wildman–Crippen MR) is 73.7 cm³/mol. The molecule has 6 heteroatoms. The second kappa shape index (κ2) is 6.28. The third kappa shape index (κ3) is 4.22. The SMILES string of the molecule is CCN(C)S(=O)(=O)CCSc1ccccc1N.